The molecule has 0 saturated heterocycles. The van der Waals surface area contributed by atoms with Crippen LogP contribution in [0.25, 0.3) is 0 Å². The van der Waals surface area contributed by atoms with Crippen LogP contribution in [0, 0.1) is 5.92 Å². The summed E-state index contributed by atoms with van der Waals surface area (Å²) in [6, 6.07) is 0. The predicted molar refractivity (Wildman–Crippen MR) is 73.0 cm³/mol. The Hall–Kier alpha value is -1.17. The molecule has 0 aromatic carbocycles. The van der Waals surface area contributed by atoms with Crippen LogP contribution in [0.5, 0.6) is 0 Å². The van der Waals surface area contributed by atoms with Crippen molar-refractivity contribution < 1.29 is 4.79 Å². The number of nitrogens with zero attached hydrogens (tertiary/aromatic N) is 2. The number of anilines is 1. The van der Waals surface area contributed by atoms with Crippen LogP contribution in [0.4, 0.5) is 5.13 Å². The van der Waals surface area contributed by atoms with E-state index in [1.807, 2.05) is 0 Å². The molecular weight excluding hydrogens is 248 g/mol. The molecule has 1 aromatic rings. The molecule has 1 saturated carbocycles. The van der Waals surface area contributed by atoms with Crippen LogP contribution in [0.3, 0.4) is 0 Å². The third-order valence-electron chi connectivity index (χ3n) is 3.38. The molecule has 1 amide bonds. The maximum Gasteiger partial charge on any atom is 0.282 e. The molecule has 100 valence electrons. The van der Waals surface area contributed by atoms with E-state index in [1.54, 1.807) is 7.05 Å². The second kappa shape index (κ2) is 6.68. The van der Waals surface area contributed by atoms with Crippen LogP contribution >= 0.6 is 11.3 Å². The first-order valence-electron chi connectivity index (χ1n) is 6.59. The van der Waals surface area contributed by atoms with Gasteiger partial charge < -0.3 is 10.6 Å². The van der Waals surface area contributed by atoms with Gasteiger partial charge in [-0.2, -0.15) is 0 Å². The molecule has 1 aliphatic carbocycles. The Morgan fingerprint density at radius 1 is 1.39 bits per heavy atom. The van der Waals surface area contributed by atoms with Crippen LogP contribution in [0.2, 0.25) is 0 Å². The van der Waals surface area contributed by atoms with Gasteiger partial charge in [0.1, 0.15) is 0 Å². The van der Waals surface area contributed by atoms with Crippen LogP contribution < -0.4 is 10.6 Å². The predicted octanol–water partition coefficient (Wildman–Crippen LogP) is 2.28. The molecule has 5 nitrogen and oxygen atoms in total. The van der Waals surface area contributed by atoms with Gasteiger partial charge in [0.25, 0.3) is 5.91 Å². The van der Waals surface area contributed by atoms with Crippen molar-refractivity contribution in [3.63, 3.8) is 0 Å². The van der Waals surface area contributed by atoms with E-state index in [4.69, 9.17) is 0 Å². The van der Waals surface area contributed by atoms with Gasteiger partial charge in [-0.05, 0) is 18.8 Å². The molecule has 1 fully saturated rings. The average Bonchev–Trinajstić information content (AvgIpc) is 3.05. The summed E-state index contributed by atoms with van der Waals surface area (Å²) in [5, 5.41) is 14.6. The topological polar surface area (TPSA) is 66.9 Å². The summed E-state index contributed by atoms with van der Waals surface area (Å²) in [4.78, 5) is 11.7. The van der Waals surface area contributed by atoms with Crippen molar-refractivity contribution in [3.8, 4) is 0 Å². The van der Waals surface area contributed by atoms with Gasteiger partial charge in [0, 0.05) is 13.6 Å². The Bertz CT molecular complexity index is 387. The minimum absolute atomic E-state index is 0.111. The summed E-state index contributed by atoms with van der Waals surface area (Å²) < 4.78 is 0. The molecule has 1 heterocycles. The SMILES string of the molecule is CNc1nnc(C(=O)NCCCC2CCCC2)s1. The average molecular weight is 268 g/mol. The first-order valence-corrected chi connectivity index (χ1v) is 7.40. The maximum absolute atomic E-state index is 11.7. The van der Waals surface area contributed by atoms with E-state index >= 15 is 0 Å². The van der Waals surface area contributed by atoms with Crippen molar-refractivity contribution in [2.24, 2.45) is 5.92 Å². The summed E-state index contributed by atoms with van der Waals surface area (Å²) in [7, 11) is 1.77. The minimum Gasteiger partial charge on any atom is -0.363 e. The van der Waals surface area contributed by atoms with E-state index in [1.165, 1.54) is 43.4 Å². The molecule has 1 aromatic heterocycles. The van der Waals surface area contributed by atoms with Gasteiger partial charge in [-0.25, -0.2) is 0 Å². The number of carbonyl (C=O) groups excluding carboxylic acids is 1. The van der Waals surface area contributed by atoms with Crippen molar-refractivity contribution >= 4 is 22.4 Å². The highest BCUT2D eigenvalue weighted by atomic mass is 32.1. The monoisotopic (exact) mass is 268 g/mol. The van der Waals surface area contributed by atoms with Gasteiger partial charge in [0.2, 0.25) is 10.1 Å². The molecule has 0 atom stereocenters. The lowest BCUT2D eigenvalue weighted by Crippen LogP contribution is -2.24. The molecule has 0 unspecified atom stereocenters. The van der Waals surface area contributed by atoms with Crippen molar-refractivity contribution in [1.29, 1.82) is 0 Å². The molecular formula is C12H20N4OS. The van der Waals surface area contributed by atoms with Crippen LogP contribution in [0.15, 0.2) is 0 Å². The highest BCUT2D eigenvalue weighted by Crippen LogP contribution is 2.28. The van der Waals surface area contributed by atoms with E-state index in [0.717, 1.165) is 18.9 Å². The fraction of sp³-hybridized carbons (Fsp3) is 0.750. The van der Waals surface area contributed by atoms with Crippen molar-refractivity contribution in [1.82, 2.24) is 15.5 Å². The van der Waals surface area contributed by atoms with Gasteiger partial charge in [-0.15, -0.1) is 10.2 Å². The lowest BCUT2D eigenvalue weighted by atomic mass is 10.0. The smallest absolute Gasteiger partial charge is 0.282 e. The molecule has 0 bridgehead atoms. The molecule has 0 aliphatic heterocycles. The molecule has 1 aliphatic rings. The van der Waals surface area contributed by atoms with Crippen molar-refractivity contribution in [2.45, 2.75) is 38.5 Å². The number of nitrogens with one attached hydrogen (secondary N) is 2. The van der Waals surface area contributed by atoms with E-state index in [2.05, 4.69) is 20.8 Å². The fourth-order valence-electron chi connectivity index (χ4n) is 2.38. The summed E-state index contributed by atoms with van der Waals surface area (Å²) in [5.74, 6) is 0.778. The third kappa shape index (κ3) is 3.66. The first kappa shape index (κ1) is 13.3. The molecule has 0 spiro atoms. The Morgan fingerprint density at radius 2 is 2.17 bits per heavy atom. The lowest BCUT2D eigenvalue weighted by Gasteiger charge is -2.08. The fourth-order valence-corrected chi connectivity index (χ4v) is 3.00. The van der Waals surface area contributed by atoms with E-state index in [0.29, 0.717) is 10.1 Å². The number of hydrogen-bond donors (Lipinski definition) is 2. The molecule has 18 heavy (non-hydrogen) atoms. The van der Waals surface area contributed by atoms with Crippen molar-refractivity contribution in [2.75, 3.05) is 18.9 Å². The second-order valence-corrected chi connectivity index (χ2v) is 5.69. The Balaban J connectivity index is 1.65. The molecule has 0 radical (unpaired) electrons. The summed E-state index contributed by atoms with van der Waals surface area (Å²) in [5.41, 5.74) is 0. The van der Waals surface area contributed by atoms with Gasteiger partial charge >= 0.3 is 0 Å². The zero-order valence-electron chi connectivity index (χ0n) is 10.7. The molecule has 2 rings (SSSR count). The Morgan fingerprint density at radius 3 is 2.83 bits per heavy atom. The van der Waals surface area contributed by atoms with E-state index in [-0.39, 0.29) is 5.91 Å². The zero-order chi connectivity index (χ0) is 12.8. The standard InChI is InChI=1S/C12H20N4OS/c1-13-12-16-15-11(18-12)10(17)14-8-4-7-9-5-2-3-6-9/h9H,2-8H2,1H3,(H,13,16)(H,14,17). The summed E-state index contributed by atoms with van der Waals surface area (Å²) in [6.07, 6.45) is 7.81. The summed E-state index contributed by atoms with van der Waals surface area (Å²) >= 11 is 1.28. The zero-order valence-corrected chi connectivity index (χ0v) is 11.6. The number of hydrogen-bond acceptors (Lipinski definition) is 5. The first-order chi connectivity index (χ1) is 8.79. The molecule has 6 heteroatoms. The maximum atomic E-state index is 11.7. The van der Waals surface area contributed by atoms with Crippen LogP contribution in [-0.2, 0) is 0 Å². The van der Waals surface area contributed by atoms with E-state index in [9.17, 15) is 4.79 Å². The van der Waals surface area contributed by atoms with Gasteiger partial charge in [-0.1, -0.05) is 37.0 Å². The Labute approximate surface area is 111 Å². The second-order valence-electron chi connectivity index (χ2n) is 4.71. The van der Waals surface area contributed by atoms with Crippen LogP contribution in [0.1, 0.15) is 48.3 Å². The third-order valence-corrected chi connectivity index (χ3v) is 4.32. The highest BCUT2D eigenvalue weighted by Gasteiger charge is 2.15. The normalized spacial score (nSPS) is 15.8. The Kier molecular flexibility index (Phi) is 4.92. The minimum atomic E-state index is -0.111. The number of aromatic nitrogens is 2. The highest BCUT2D eigenvalue weighted by molar-refractivity contribution is 7.17. The van der Waals surface area contributed by atoms with Gasteiger partial charge in [0.15, 0.2) is 0 Å². The van der Waals surface area contributed by atoms with Gasteiger partial charge in [0.05, 0.1) is 0 Å². The quantitative estimate of drug-likeness (QED) is 0.777. The molecule has 2 N–H and O–H groups in total. The van der Waals surface area contributed by atoms with Crippen LogP contribution in [-0.4, -0.2) is 29.7 Å². The lowest BCUT2D eigenvalue weighted by molar-refractivity contribution is 0.0951. The largest absolute Gasteiger partial charge is 0.363 e. The number of carbonyl (C=O) groups is 1. The number of rotatable bonds is 6. The van der Waals surface area contributed by atoms with Crippen molar-refractivity contribution in [3.05, 3.63) is 5.01 Å². The van der Waals surface area contributed by atoms with E-state index < -0.39 is 0 Å². The number of amides is 1. The summed E-state index contributed by atoms with van der Waals surface area (Å²) in [6.45, 7) is 0.740. The van der Waals surface area contributed by atoms with Gasteiger partial charge in [-0.3, -0.25) is 4.79 Å².